The monoisotopic (exact) mass is 188 g/mol. The van der Waals surface area contributed by atoms with Crippen molar-refractivity contribution < 1.29 is 9.53 Å². The molecule has 0 amide bonds. The van der Waals surface area contributed by atoms with E-state index in [1.54, 1.807) is 0 Å². The zero-order chi connectivity index (χ0) is 10.0. The van der Waals surface area contributed by atoms with Gasteiger partial charge in [0.05, 0.1) is 11.7 Å². The van der Waals surface area contributed by atoms with Gasteiger partial charge in [-0.25, -0.2) is 0 Å². The van der Waals surface area contributed by atoms with E-state index >= 15 is 0 Å². The summed E-state index contributed by atoms with van der Waals surface area (Å²) in [5, 5.41) is 0. The predicted octanol–water partition coefficient (Wildman–Crippen LogP) is 2.40. The molecule has 0 N–H and O–H groups in total. The SMILES string of the molecule is C=COC(=O)C1(c2ccccc2)CC1. The molecule has 0 bridgehead atoms. The second kappa shape index (κ2) is 3.29. The van der Waals surface area contributed by atoms with Crippen LogP contribution < -0.4 is 0 Å². The molecule has 1 saturated carbocycles. The third-order valence-corrected chi connectivity index (χ3v) is 2.66. The second-order valence-electron chi connectivity index (χ2n) is 3.52. The lowest BCUT2D eigenvalue weighted by Gasteiger charge is -2.12. The molecule has 0 atom stereocenters. The minimum Gasteiger partial charge on any atom is -0.434 e. The highest BCUT2D eigenvalue weighted by Gasteiger charge is 2.52. The maximum Gasteiger partial charge on any atom is 0.321 e. The molecule has 0 aliphatic heterocycles. The Bertz CT molecular complexity index is 350. The molecular formula is C12H12O2. The summed E-state index contributed by atoms with van der Waals surface area (Å²) >= 11 is 0. The van der Waals surface area contributed by atoms with Crippen molar-refractivity contribution in [3.8, 4) is 0 Å². The number of hydrogen-bond acceptors (Lipinski definition) is 2. The predicted molar refractivity (Wildman–Crippen MR) is 53.6 cm³/mol. The standard InChI is InChI=1S/C12H12O2/c1-2-14-11(13)12(8-9-12)10-6-4-3-5-7-10/h2-7H,1,8-9H2. The van der Waals surface area contributed by atoms with Crippen LogP contribution in [0.25, 0.3) is 0 Å². The fourth-order valence-electron chi connectivity index (χ4n) is 1.68. The molecule has 14 heavy (non-hydrogen) atoms. The van der Waals surface area contributed by atoms with Crippen molar-refractivity contribution >= 4 is 5.97 Å². The molecule has 2 rings (SSSR count). The molecule has 0 heterocycles. The van der Waals surface area contributed by atoms with Gasteiger partial charge in [0.1, 0.15) is 0 Å². The van der Waals surface area contributed by atoms with Crippen molar-refractivity contribution in [2.45, 2.75) is 18.3 Å². The number of ether oxygens (including phenoxy) is 1. The number of carbonyl (C=O) groups excluding carboxylic acids is 1. The Morgan fingerprint density at radius 1 is 1.36 bits per heavy atom. The minimum atomic E-state index is -0.380. The molecule has 1 aromatic rings. The van der Waals surface area contributed by atoms with Crippen molar-refractivity contribution in [2.24, 2.45) is 0 Å². The summed E-state index contributed by atoms with van der Waals surface area (Å²) in [7, 11) is 0. The first-order chi connectivity index (χ1) is 6.79. The highest BCUT2D eigenvalue weighted by Crippen LogP contribution is 2.49. The van der Waals surface area contributed by atoms with Crippen LogP contribution in [-0.4, -0.2) is 5.97 Å². The molecule has 1 fully saturated rings. The van der Waals surface area contributed by atoms with Gasteiger partial charge in [-0.1, -0.05) is 36.9 Å². The Hall–Kier alpha value is -1.57. The molecule has 2 nitrogen and oxygen atoms in total. The number of hydrogen-bond donors (Lipinski definition) is 0. The number of carbonyl (C=O) groups is 1. The van der Waals surface area contributed by atoms with E-state index in [4.69, 9.17) is 4.74 Å². The number of rotatable bonds is 3. The summed E-state index contributed by atoms with van der Waals surface area (Å²) in [5.74, 6) is -0.182. The zero-order valence-corrected chi connectivity index (χ0v) is 7.90. The molecule has 72 valence electrons. The summed E-state index contributed by atoms with van der Waals surface area (Å²) in [6.45, 7) is 3.39. The van der Waals surface area contributed by atoms with Crippen molar-refractivity contribution in [1.82, 2.24) is 0 Å². The molecule has 0 unspecified atom stereocenters. The van der Waals surface area contributed by atoms with Gasteiger partial charge in [0.25, 0.3) is 0 Å². The maximum atomic E-state index is 11.6. The van der Waals surface area contributed by atoms with Gasteiger partial charge in [-0.15, -0.1) is 0 Å². The van der Waals surface area contributed by atoms with Crippen LogP contribution in [0.3, 0.4) is 0 Å². The average molecular weight is 188 g/mol. The van der Waals surface area contributed by atoms with Crippen LogP contribution in [0.1, 0.15) is 18.4 Å². The van der Waals surface area contributed by atoms with E-state index in [1.165, 1.54) is 6.26 Å². The molecule has 1 aliphatic carbocycles. The summed E-state index contributed by atoms with van der Waals surface area (Å²) in [4.78, 5) is 11.6. The Labute approximate surface area is 83.2 Å². The van der Waals surface area contributed by atoms with Crippen LogP contribution in [0.4, 0.5) is 0 Å². The van der Waals surface area contributed by atoms with Crippen molar-refractivity contribution in [1.29, 1.82) is 0 Å². The van der Waals surface area contributed by atoms with Crippen LogP contribution >= 0.6 is 0 Å². The molecule has 0 spiro atoms. The average Bonchev–Trinajstić information content (AvgIpc) is 3.00. The molecular weight excluding hydrogens is 176 g/mol. The molecule has 2 heteroatoms. The lowest BCUT2D eigenvalue weighted by atomic mass is 9.96. The van der Waals surface area contributed by atoms with Gasteiger partial charge in [0, 0.05) is 0 Å². The van der Waals surface area contributed by atoms with Crippen LogP contribution in [0.15, 0.2) is 43.2 Å². The number of benzene rings is 1. The van der Waals surface area contributed by atoms with E-state index in [0.29, 0.717) is 0 Å². The van der Waals surface area contributed by atoms with Gasteiger partial charge < -0.3 is 4.74 Å². The van der Waals surface area contributed by atoms with Crippen LogP contribution in [0.2, 0.25) is 0 Å². The van der Waals surface area contributed by atoms with Crippen molar-refractivity contribution in [2.75, 3.05) is 0 Å². The van der Waals surface area contributed by atoms with Gasteiger partial charge in [-0.2, -0.15) is 0 Å². The van der Waals surface area contributed by atoms with Crippen LogP contribution in [0.5, 0.6) is 0 Å². The summed E-state index contributed by atoms with van der Waals surface area (Å²) in [6, 6.07) is 9.76. The van der Waals surface area contributed by atoms with Crippen LogP contribution in [0, 0.1) is 0 Å². The van der Waals surface area contributed by atoms with Crippen molar-refractivity contribution in [3.63, 3.8) is 0 Å². The molecule has 0 saturated heterocycles. The first-order valence-electron chi connectivity index (χ1n) is 4.67. The largest absolute Gasteiger partial charge is 0.434 e. The van der Waals surface area contributed by atoms with Crippen LogP contribution in [-0.2, 0) is 14.9 Å². The Morgan fingerprint density at radius 2 is 2.00 bits per heavy atom. The van der Waals surface area contributed by atoms with Gasteiger partial charge >= 0.3 is 5.97 Å². The van der Waals surface area contributed by atoms with Gasteiger partial charge in [0.15, 0.2) is 0 Å². The van der Waals surface area contributed by atoms with E-state index in [0.717, 1.165) is 18.4 Å². The van der Waals surface area contributed by atoms with Gasteiger partial charge in [-0.05, 0) is 18.4 Å². The Morgan fingerprint density at radius 3 is 2.50 bits per heavy atom. The third-order valence-electron chi connectivity index (χ3n) is 2.66. The smallest absolute Gasteiger partial charge is 0.321 e. The fraction of sp³-hybridized carbons (Fsp3) is 0.250. The lowest BCUT2D eigenvalue weighted by molar-refractivity contribution is -0.141. The first-order valence-corrected chi connectivity index (χ1v) is 4.67. The normalized spacial score (nSPS) is 17.1. The number of esters is 1. The van der Waals surface area contributed by atoms with E-state index in [-0.39, 0.29) is 11.4 Å². The quantitative estimate of drug-likeness (QED) is 0.538. The third kappa shape index (κ3) is 1.33. The van der Waals surface area contributed by atoms with Gasteiger partial charge in [0.2, 0.25) is 0 Å². The van der Waals surface area contributed by atoms with Crippen molar-refractivity contribution in [3.05, 3.63) is 48.7 Å². The lowest BCUT2D eigenvalue weighted by Crippen LogP contribution is -2.21. The molecule has 0 aromatic heterocycles. The maximum absolute atomic E-state index is 11.6. The summed E-state index contributed by atoms with van der Waals surface area (Å²) < 4.78 is 4.85. The van der Waals surface area contributed by atoms with E-state index < -0.39 is 0 Å². The molecule has 1 aromatic carbocycles. The summed E-state index contributed by atoms with van der Waals surface area (Å²) in [6.07, 6.45) is 2.96. The minimum absolute atomic E-state index is 0.182. The Kier molecular flexibility index (Phi) is 2.12. The molecule has 0 radical (unpaired) electrons. The Balaban J connectivity index is 2.25. The fourth-order valence-corrected chi connectivity index (χ4v) is 1.68. The highest BCUT2D eigenvalue weighted by atomic mass is 16.5. The van der Waals surface area contributed by atoms with Gasteiger partial charge in [-0.3, -0.25) is 4.79 Å². The zero-order valence-electron chi connectivity index (χ0n) is 7.90. The summed E-state index contributed by atoms with van der Waals surface area (Å²) in [5.41, 5.74) is 0.668. The van der Waals surface area contributed by atoms with E-state index in [9.17, 15) is 4.79 Å². The van der Waals surface area contributed by atoms with E-state index in [2.05, 4.69) is 6.58 Å². The van der Waals surface area contributed by atoms with E-state index in [1.807, 2.05) is 30.3 Å². The second-order valence-corrected chi connectivity index (χ2v) is 3.52. The topological polar surface area (TPSA) is 26.3 Å². The highest BCUT2D eigenvalue weighted by molar-refractivity contribution is 5.86. The first kappa shape index (κ1) is 9.00. The molecule has 1 aliphatic rings.